The SMILES string of the molecule is Cl.N[C@H](c1cccc(Oc2ccccc2)c1)C(F)(F)F. The number of benzene rings is 2. The number of rotatable bonds is 3. The molecule has 6 heteroatoms. The van der Waals surface area contributed by atoms with Gasteiger partial charge < -0.3 is 10.5 Å². The third-order valence-corrected chi connectivity index (χ3v) is 2.55. The summed E-state index contributed by atoms with van der Waals surface area (Å²) in [4.78, 5) is 0. The zero-order valence-electron chi connectivity index (χ0n) is 10.3. The minimum absolute atomic E-state index is 0. The smallest absolute Gasteiger partial charge is 0.407 e. The van der Waals surface area contributed by atoms with Crippen LogP contribution in [0.5, 0.6) is 11.5 Å². The number of hydrogen-bond donors (Lipinski definition) is 1. The van der Waals surface area contributed by atoms with Gasteiger partial charge in [-0.25, -0.2) is 0 Å². The molecule has 0 fully saturated rings. The van der Waals surface area contributed by atoms with E-state index in [4.69, 9.17) is 10.5 Å². The molecule has 2 rings (SSSR count). The maximum atomic E-state index is 12.5. The van der Waals surface area contributed by atoms with E-state index in [1.165, 1.54) is 18.2 Å². The number of ether oxygens (including phenoxy) is 1. The molecule has 2 aromatic rings. The fourth-order valence-electron chi connectivity index (χ4n) is 1.59. The van der Waals surface area contributed by atoms with Crippen LogP contribution >= 0.6 is 12.4 Å². The van der Waals surface area contributed by atoms with Crippen molar-refractivity contribution in [3.8, 4) is 11.5 Å². The molecule has 0 aromatic heterocycles. The van der Waals surface area contributed by atoms with E-state index < -0.39 is 12.2 Å². The van der Waals surface area contributed by atoms with E-state index in [0.29, 0.717) is 11.5 Å². The van der Waals surface area contributed by atoms with Crippen LogP contribution in [0, 0.1) is 0 Å². The maximum Gasteiger partial charge on any atom is 0.407 e. The van der Waals surface area contributed by atoms with Crippen molar-refractivity contribution in [3.63, 3.8) is 0 Å². The van der Waals surface area contributed by atoms with Gasteiger partial charge in [0.1, 0.15) is 17.5 Å². The summed E-state index contributed by atoms with van der Waals surface area (Å²) < 4.78 is 43.0. The van der Waals surface area contributed by atoms with Crippen LogP contribution in [0.3, 0.4) is 0 Å². The molecule has 0 radical (unpaired) electrons. The molecule has 0 bridgehead atoms. The summed E-state index contributed by atoms with van der Waals surface area (Å²) in [5, 5.41) is 0. The second-order valence-electron chi connectivity index (χ2n) is 4.01. The lowest BCUT2D eigenvalue weighted by molar-refractivity contribution is -0.149. The second-order valence-corrected chi connectivity index (χ2v) is 4.01. The molecule has 0 aliphatic heterocycles. The Labute approximate surface area is 120 Å². The zero-order chi connectivity index (χ0) is 13.9. The third kappa shape index (κ3) is 4.15. The average Bonchev–Trinajstić information content (AvgIpc) is 2.38. The molecule has 0 saturated heterocycles. The predicted molar refractivity (Wildman–Crippen MR) is 73.2 cm³/mol. The number of nitrogens with two attached hydrogens (primary N) is 1. The van der Waals surface area contributed by atoms with Gasteiger partial charge in [0.25, 0.3) is 0 Å². The van der Waals surface area contributed by atoms with Crippen LogP contribution < -0.4 is 10.5 Å². The molecular formula is C14H13ClF3NO. The summed E-state index contributed by atoms with van der Waals surface area (Å²) in [6.45, 7) is 0. The first-order valence-electron chi connectivity index (χ1n) is 5.62. The summed E-state index contributed by atoms with van der Waals surface area (Å²) in [7, 11) is 0. The third-order valence-electron chi connectivity index (χ3n) is 2.55. The summed E-state index contributed by atoms with van der Waals surface area (Å²) in [6, 6.07) is 12.5. The average molecular weight is 304 g/mol. The van der Waals surface area contributed by atoms with E-state index in [0.717, 1.165) is 0 Å². The van der Waals surface area contributed by atoms with Crippen LogP contribution in [-0.2, 0) is 0 Å². The lowest BCUT2D eigenvalue weighted by atomic mass is 10.1. The Morgan fingerprint density at radius 2 is 1.50 bits per heavy atom. The standard InChI is InChI=1S/C14H12F3NO.ClH/c15-14(16,17)13(18)10-5-4-8-12(9-10)19-11-6-2-1-3-7-11;/h1-9,13H,18H2;1H/t13-;/m1./s1. The molecule has 0 aliphatic rings. The Morgan fingerprint density at radius 1 is 0.900 bits per heavy atom. The van der Waals surface area contributed by atoms with Crippen molar-refractivity contribution in [2.24, 2.45) is 5.73 Å². The molecule has 0 aliphatic carbocycles. The van der Waals surface area contributed by atoms with Gasteiger partial charge in [-0.3, -0.25) is 0 Å². The Hall–Kier alpha value is -1.72. The number of halogens is 4. The van der Waals surface area contributed by atoms with E-state index in [1.54, 1.807) is 30.3 Å². The highest BCUT2D eigenvalue weighted by atomic mass is 35.5. The zero-order valence-corrected chi connectivity index (χ0v) is 11.1. The molecule has 0 unspecified atom stereocenters. The van der Waals surface area contributed by atoms with Gasteiger partial charge >= 0.3 is 6.18 Å². The Morgan fingerprint density at radius 3 is 2.10 bits per heavy atom. The molecule has 0 heterocycles. The van der Waals surface area contributed by atoms with Gasteiger partial charge in [-0.15, -0.1) is 12.4 Å². The monoisotopic (exact) mass is 303 g/mol. The minimum Gasteiger partial charge on any atom is -0.457 e. The molecule has 2 aromatic carbocycles. The van der Waals surface area contributed by atoms with E-state index in [1.807, 2.05) is 6.07 Å². The highest BCUT2D eigenvalue weighted by Crippen LogP contribution is 2.32. The molecular weight excluding hydrogens is 291 g/mol. The first-order valence-corrected chi connectivity index (χ1v) is 5.62. The van der Waals surface area contributed by atoms with E-state index in [2.05, 4.69) is 0 Å². The number of para-hydroxylation sites is 1. The summed E-state index contributed by atoms with van der Waals surface area (Å²) in [6.07, 6.45) is -4.47. The van der Waals surface area contributed by atoms with Crippen molar-refractivity contribution in [2.75, 3.05) is 0 Å². The van der Waals surface area contributed by atoms with Gasteiger partial charge in [-0.2, -0.15) is 13.2 Å². The Kier molecular flexibility index (Phi) is 5.42. The summed E-state index contributed by atoms with van der Waals surface area (Å²) in [5.74, 6) is 0.878. The highest BCUT2D eigenvalue weighted by Gasteiger charge is 2.37. The molecule has 2 nitrogen and oxygen atoms in total. The minimum atomic E-state index is -4.47. The quantitative estimate of drug-likeness (QED) is 0.908. The Balaban J connectivity index is 0.00000200. The van der Waals surface area contributed by atoms with Crippen LogP contribution in [0.25, 0.3) is 0 Å². The van der Waals surface area contributed by atoms with Crippen LogP contribution in [-0.4, -0.2) is 6.18 Å². The van der Waals surface area contributed by atoms with E-state index in [-0.39, 0.29) is 18.0 Å². The second kappa shape index (κ2) is 6.63. The van der Waals surface area contributed by atoms with Crippen molar-refractivity contribution in [2.45, 2.75) is 12.2 Å². The largest absolute Gasteiger partial charge is 0.457 e. The van der Waals surface area contributed by atoms with Crippen molar-refractivity contribution < 1.29 is 17.9 Å². The fraction of sp³-hybridized carbons (Fsp3) is 0.143. The predicted octanol–water partition coefficient (Wildman–Crippen LogP) is 4.46. The van der Waals surface area contributed by atoms with Crippen molar-refractivity contribution >= 4 is 12.4 Å². The van der Waals surface area contributed by atoms with Crippen molar-refractivity contribution in [3.05, 3.63) is 60.2 Å². The van der Waals surface area contributed by atoms with Gasteiger partial charge in [-0.1, -0.05) is 30.3 Å². The summed E-state index contributed by atoms with van der Waals surface area (Å²) >= 11 is 0. The van der Waals surface area contributed by atoms with Gasteiger partial charge in [0.15, 0.2) is 0 Å². The molecule has 0 spiro atoms. The highest BCUT2D eigenvalue weighted by molar-refractivity contribution is 5.85. The van der Waals surface area contributed by atoms with Gasteiger partial charge in [-0.05, 0) is 29.8 Å². The van der Waals surface area contributed by atoms with Crippen LogP contribution in [0.1, 0.15) is 11.6 Å². The van der Waals surface area contributed by atoms with Crippen molar-refractivity contribution in [1.29, 1.82) is 0 Å². The molecule has 1 atom stereocenters. The molecule has 0 saturated carbocycles. The van der Waals surface area contributed by atoms with Gasteiger partial charge in [0.05, 0.1) is 0 Å². The van der Waals surface area contributed by atoms with Crippen LogP contribution in [0.15, 0.2) is 54.6 Å². The van der Waals surface area contributed by atoms with Crippen LogP contribution in [0.2, 0.25) is 0 Å². The molecule has 0 amide bonds. The van der Waals surface area contributed by atoms with E-state index >= 15 is 0 Å². The lowest BCUT2D eigenvalue weighted by Crippen LogP contribution is -2.28. The molecule has 108 valence electrons. The lowest BCUT2D eigenvalue weighted by Gasteiger charge is -2.16. The van der Waals surface area contributed by atoms with Crippen molar-refractivity contribution in [1.82, 2.24) is 0 Å². The first-order chi connectivity index (χ1) is 8.97. The number of alkyl halides is 3. The molecule has 20 heavy (non-hydrogen) atoms. The van der Waals surface area contributed by atoms with Gasteiger partial charge in [0, 0.05) is 0 Å². The van der Waals surface area contributed by atoms with Crippen LogP contribution in [0.4, 0.5) is 13.2 Å². The topological polar surface area (TPSA) is 35.2 Å². The van der Waals surface area contributed by atoms with Gasteiger partial charge in [0.2, 0.25) is 0 Å². The molecule has 2 N–H and O–H groups in total. The first kappa shape index (κ1) is 16.3. The fourth-order valence-corrected chi connectivity index (χ4v) is 1.59. The normalized spacial score (nSPS) is 12.4. The number of hydrogen-bond acceptors (Lipinski definition) is 2. The van der Waals surface area contributed by atoms with E-state index in [9.17, 15) is 13.2 Å². The Bertz CT molecular complexity index is 546. The summed E-state index contributed by atoms with van der Waals surface area (Å²) in [5.41, 5.74) is 5.13. The maximum absolute atomic E-state index is 12.5.